The lowest BCUT2D eigenvalue weighted by molar-refractivity contribution is -0.140. The number of hydrogen-bond acceptors (Lipinski definition) is 4. The number of benzene rings is 1. The highest BCUT2D eigenvalue weighted by Gasteiger charge is 2.50. The zero-order valence-electron chi connectivity index (χ0n) is 12.8. The molecular formula is C17H19NO4. The van der Waals surface area contributed by atoms with Gasteiger partial charge in [-0.05, 0) is 25.0 Å². The molecule has 1 aromatic rings. The average molecular weight is 301 g/mol. The van der Waals surface area contributed by atoms with Crippen LogP contribution in [-0.4, -0.2) is 30.9 Å². The van der Waals surface area contributed by atoms with E-state index in [0.29, 0.717) is 24.3 Å². The van der Waals surface area contributed by atoms with Gasteiger partial charge in [-0.3, -0.25) is 14.5 Å². The topological polar surface area (TPSA) is 55.8 Å². The summed E-state index contributed by atoms with van der Waals surface area (Å²) in [5.41, 5.74) is 1.79. The van der Waals surface area contributed by atoms with Crippen LogP contribution in [0.1, 0.15) is 18.4 Å². The molecule has 1 aromatic carbocycles. The molecule has 2 aliphatic rings. The lowest BCUT2D eigenvalue weighted by Crippen LogP contribution is -2.31. The Morgan fingerprint density at radius 3 is 2.32 bits per heavy atom. The first-order valence-corrected chi connectivity index (χ1v) is 7.28. The molecular weight excluding hydrogens is 282 g/mol. The molecule has 0 N–H and O–H groups in total. The fourth-order valence-corrected chi connectivity index (χ4v) is 3.33. The Balaban J connectivity index is 1.84. The maximum atomic E-state index is 12.5. The molecule has 2 unspecified atom stereocenters. The van der Waals surface area contributed by atoms with E-state index in [1.807, 2.05) is 6.07 Å². The van der Waals surface area contributed by atoms with E-state index in [-0.39, 0.29) is 30.2 Å². The Morgan fingerprint density at radius 2 is 1.77 bits per heavy atom. The predicted molar refractivity (Wildman–Crippen MR) is 80.5 cm³/mol. The van der Waals surface area contributed by atoms with Gasteiger partial charge in [0, 0.05) is 11.6 Å². The number of ether oxygens (including phenoxy) is 2. The quantitative estimate of drug-likeness (QED) is 0.631. The van der Waals surface area contributed by atoms with Crippen molar-refractivity contribution < 1.29 is 19.1 Å². The minimum absolute atomic E-state index is 0.0912. The SMILES string of the molecule is C=C1CC2C(=O)N(Cc3ccc(OC)cc3OC)C(=O)C2C1. The monoisotopic (exact) mass is 301 g/mol. The third-order valence-electron chi connectivity index (χ3n) is 4.49. The fourth-order valence-electron chi connectivity index (χ4n) is 3.33. The highest BCUT2D eigenvalue weighted by Crippen LogP contribution is 2.43. The van der Waals surface area contributed by atoms with E-state index >= 15 is 0 Å². The Morgan fingerprint density at radius 1 is 1.14 bits per heavy atom. The summed E-state index contributed by atoms with van der Waals surface area (Å²) in [5.74, 6) is 0.667. The van der Waals surface area contributed by atoms with Crippen molar-refractivity contribution in [3.63, 3.8) is 0 Å². The Kier molecular flexibility index (Phi) is 3.64. The molecule has 3 rings (SSSR count). The van der Waals surface area contributed by atoms with Crippen LogP contribution in [0.4, 0.5) is 0 Å². The first kappa shape index (κ1) is 14.6. The van der Waals surface area contributed by atoms with Crippen LogP contribution in [0.5, 0.6) is 11.5 Å². The van der Waals surface area contributed by atoms with Crippen LogP contribution in [0.25, 0.3) is 0 Å². The molecule has 0 aromatic heterocycles. The number of carbonyl (C=O) groups is 2. The normalized spacial score (nSPS) is 23.9. The Labute approximate surface area is 129 Å². The zero-order chi connectivity index (χ0) is 15.9. The van der Waals surface area contributed by atoms with E-state index in [9.17, 15) is 9.59 Å². The Bertz CT molecular complexity index is 626. The second-order valence-electron chi connectivity index (χ2n) is 5.81. The van der Waals surface area contributed by atoms with Gasteiger partial charge < -0.3 is 9.47 Å². The molecule has 116 valence electrons. The van der Waals surface area contributed by atoms with E-state index < -0.39 is 0 Å². The number of amides is 2. The van der Waals surface area contributed by atoms with Gasteiger partial charge in [0.05, 0.1) is 32.6 Å². The summed E-state index contributed by atoms with van der Waals surface area (Å²) in [4.78, 5) is 26.3. The summed E-state index contributed by atoms with van der Waals surface area (Å²) in [7, 11) is 3.14. The van der Waals surface area contributed by atoms with Crippen molar-refractivity contribution in [2.75, 3.05) is 14.2 Å². The minimum atomic E-state index is -0.218. The van der Waals surface area contributed by atoms with Crippen LogP contribution >= 0.6 is 0 Å². The van der Waals surface area contributed by atoms with Crippen LogP contribution in [0.15, 0.2) is 30.4 Å². The molecule has 2 fully saturated rings. The number of fused-ring (bicyclic) bond motifs is 1. The van der Waals surface area contributed by atoms with Gasteiger partial charge >= 0.3 is 0 Å². The molecule has 1 saturated heterocycles. The van der Waals surface area contributed by atoms with Gasteiger partial charge in [0.15, 0.2) is 0 Å². The number of imide groups is 1. The second kappa shape index (κ2) is 5.48. The molecule has 5 heteroatoms. The molecule has 0 spiro atoms. The van der Waals surface area contributed by atoms with Crippen molar-refractivity contribution in [2.45, 2.75) is 19.4 Å². The minimum Gasteiger partial charge on any atom is -0.497 e. The number of methoxy groups -OCH3 is 2. The van der Waals surface area contributed by atoms with E-state index in [1.54, 1.807) is 26.4 Å². The third kappa shape index (κ3) is 2.26. The molecule has 1 saturated carbocycles. The molecule has 0 bridgehead atoms. The van der Waals surface area contributed by atoms with Crippen molar-refractivity contribution in [1.29, 1.82) is 0 Å². The molecule has 1 heterocycles. The van der Waals surface area contributed by atoms with Gasteiger partial charge in [-0.25, -0.2) is 0 Å². The highest BCUT2D eigenvalue weighted by molar-refractivity contribution is 6.05. The van der Waals surface area contributed by atoms with Crippen molar-refractivity contribution in [3.05, 3.63) is 35.9 Å². The molecule has 1 aliphatic carbocycles. The second-order valence-corrected chi connectivity index (χ2v) is 5.81. The molecule has 0 radical (unpaired) electrons. The maximum Gasteiger partial charge on any atom is 0.233 e. The number of likely N-dealkylation sites (tertiary alicyclic amines) is 1. The highest BCUT2D eigenvalue weighted by atomic mass is 16.5. The third-order valence-corrected chi connectivity index (χ3v) is 4.49. The van der Waals surface area contributed by atoms with E-state index in [2.05, 4.69) is 6.58 Å². The summed E-state index contributed by atoms with van der Waals surface area (Å²) >= 11 is 0. The average Bonchev–Trinajstić information content (AvgIpc) is 3.01. The number of nitrogens with zero attached hydrogens (tertiary/aromatic N) is 1. The van der Waals surface area contributed by atoms with Gasteiger partial charge in [-0.2, -0.15) is 0 Å². The summed E-state index contributed by atoms with van der Waals surface area (Å²) in [6.07, 6.45) is 1.26. The van der Waals surface area contributed by atoms with Gasteiger partial charge in [0.25, 0.3) is 0 Å². The summed E-state index contributed by atoms with van der Waals surface area (Å²) < 4.78 is 10.5. The van der Waals surface area contributed by atoms with Gasteiger partial charge in [0.2, 0.25) is 11.8 Å². The van der Waals surface area contributed by atoms with Crippen molar-refractivity contribution in [2.24, 2.45) is 11.8 Å². The van der Waals surface area contributed by atoms with Gasteiger partial charge in [-0.15, -0.1) is 0 Å². The summed E-state index contributed by atoms with van der Waals surface area (Å²) in [6, 6.07) is 5.37. The van der Waals surface area contributed by atoms with Gasteiger partial charge in [0.1, 0.15) is 11.5 Å². The van der Waals surface area contributed by atoms with Crippen LogP contribution in [0.2, 0.25) is 0 Å². The van der Waals surface area contributed by atoms with Crippen molar-refractivity contribution in [3.8, 4) is 11.5 Å². The van der Waals surface area contributed by atoms with Gasteiger partial charge in [-0.1, -0.05) is 12.2 Å². The van der Waals surface area contributed by atoms with Crippen LogP contribution < -0.4 is 9.47 Å². The van der Waals surface area contributed by atoms with Crippen LogP contribution in [0, 0.1) is 11.8 Å². The zero-order valence-corrected chi connectivity index (χ0v) is 12.8. The van der Waals surface area contributed by atoms with E-state index in [1.165, 1.54) is 4.90 Å². The lowest BCUT2D eigenvalue weighted by Gasteiger charge is -2.18. The van der Waals surface area contributed by atoms with Crippen molar-refractivity contribution >= 4 is 11.8 Å². The Hall–Kier alpha value is -2.30. The summed E-state index contributed by atoms with van der Waals surface area (Å²) in [5, 5.41) is 0. The smallest absolute Gasteiger partial charge is 0.233 e. The largest absolute Gasteiger partial charge is 0.497 e. The predicted octanol–water partition coefficient (Wildman–Crippen LogP) is 2.16. The standard InChI is InChI=1S/C17H19NO4/c1-10-6-13-14(7-10)17(20)18(16(13)19)9-11-4-5-12(21-2)8-15(11)22-3/h4-5,8,13-14H,1,6-7,9H2,2-3H3. The molecule has 5 nitrogen and oxygen atoms in total. The fraction of sp³-hybridized carbons (Fsp3) is 0.412. The molecule has 22 heavy (non-hydrogen) atoms. The van der Waals surface area contributed by atoms with E-state index in [0.717, 1.165) is 11.1 Å². The number of hydrogen-bond donors (Lipinski definition) is 0. The number of rotatable bonds is 4. The maximum absolute atomic E-state index is 12.5. The number of allylic oxidation sites excluding steroid dienone is 1. The first-order valence-electron chi connectivity index (χ1n) is 7.28. The molecule has 1 aliphatic heterocycles. The number of carbonyl (C=O) groups excluding carboxylic acids is 2. The van der Waals surface area contributed by atoms with E-state index in [4.69, 9.17) is 9.47 Å². The lowest BCUT2D eigenvalue weighted by atomic mass is 10.00. The molecule has 2 atom stereocenters. The van der Waals surface area contributed by atoms with Crippen LogP contribution in [-0.2, 0) is 16.1 Å². The first-order chi connectivity index (χ1) is 10.5. The molecule has 2 amide bonds. The van der Waals surface area contributed by atoms with Crippen LogP contribution in [0.3, 0.4) is 0 Å². The summed E-state index contributed by atoms with van der Waals surface area (Å²) in [6.45, 7) is 4.14. The van der Waals surface area contributed by atoms with Crippen molar-refractivity contribution in [1.82, 2.24) is 4.90 Å².